The van der Waals surface area contributed by atoms with Gasteiger partial charge >= 0.3 is 0 Å². The molecule has 1 aromatic carbocycles. The smallest absolute Gasteiger partial charge is 0.249 e. The van der Waals surface area contributed by atoms with Crippen molar-refractivity contribution in [1.82, 2.24) is 10.3 Å². The summed E-state index contributed by atoms with van der Waals surface area (Å²) in [6, 6.07) is 9.26. The first-order chi connectivity index (χ1) is 12.2. The molecule has 0 atom stereocenters. The number of aromatic nitrogens is 1. The van der Waals surface area contributed by atoms with Crippen LogP contribution in [0.15, 0.2) is 36.5 Å². The molecule has 0 spiro atoms. The van der Waals surface area contributed by atoms with Gasteiger partial charge in [-0.15, -0.1) is 0 Å². The molecule has 1 fully saturated rings. The Balaban J connectivity index is 1.78. The number of pyridine rings is 1. The average molecular weight is 339 g/mol. The van der Waals surface area contributed by atoms with Crippen molar-refractivity contribution in [3.63, 3.8) is 0 Å². The summed E-state index contributed by atoms with van der Waals surface area (Å²) in [7, 11) is 0. The highest BCUT2D eigenvalue weighted by atomic mass is 16.5. The zero-order valence-corrected chi connectivity index (χ0v) is 14.6. The molecule has 3 N–H and O–H groups in total. The maximum Gasteiger partial charge on any atom is 0.249 e. The highest BCUT2D eigenvalue weighted by molar-refractivity contribution is 5.95. The third-order valence-corrected chi connectivity index (χ3v) is 4.72. The second-order valence-corrected chi connectivity index (χ2v) is 6.48. The Kier molecular flexibility index (Phi) is 5.66. The van der Waals surface area contributed by atoms with Crippen molar-refractivity contribution in [1.29, 1.82) is 0 Å². The van der Waals surface area contributed by atoms with Gasteiger partial charge in [0.25, 0.3) is 0 Å². The Morgan fingerprint density at radius 1 is 1.32 bits per heavy atom. The lowest BCUT2D eigenvalue weighted by Gasteiger charge is -2.22. The van der Waals surface area contributed by atoms with E-state index in [0.29, 0.717) is 23.7 Å². The first-order valence-electron chi connectivity index (χ1n) is 8.92. The van der Waals surface area contributed by atoms with E-state index in [4.69, 9.17) is 10.5 Å². The summed E-state index contributed by atoms with van der Waals surface area (Å²) in [6.45, 7) is 4.16. The summed E-state index contributed by atoms with van der Waals surface area (Å²) < 4.78 is 6.06. The van der Waals surface area contributed by atoms with Crippen molar-refractivity contribution >= 4 is 5.91 Å². The maximum absolute atomic E-state index is 11.6. The summed E-state index contributed by atoms with van der Waals surface area (Å²) in [5.41, 5.74) is 7.88. The molecule has 0 aliphatic carbocycles. The van der Waals surface area contributed by atoms with Crippen molar-refractivity contribution in [2.45, 2.75) is 32.6 Å². The molecule has 3 rings (SSSR count). The van der Waals surface area contributed by atoms with E-state index >= 15 is 0 Å². The van der Waals surface area contributed by atoms with Crippen LogP contribution >= 0.6 is 0 Å². The molecule has 1 aliphatic rings. The fourth-order valence-electron chi connectivity index (χ4n) is 3.40. The summed E-state index contributed by atoms with van der Waals surface area (Å²) in [5.74, 6) is 1.67. The van der Waals surface area contributed by atoms with E-state index in [1.54, 1.807) is 18.3 Å². The van der Waals surface area contributed by atoms with E-state index in [1.807, 2.05) is 25.1 Å². The van der Waals surface area contributed by atoms with Crippen LogP contribution in [0.5, 0.6) is 11.5 Å². The first-order valence-corrected chi connectivity index (χ1v) is 8.92. The van der Waals surface area contributed by atoms with Crippen molar-refractivity contribution in [2.24, 2.45) is 11.7 Å². The van der Waals surface area contributed by atoms with E-state index < -0.39 is 5.91 Å². The molecule has 2 aromatic rings. The molecule has 0 bridgehead atoms. The van der Waals surface area contributed by atoms with Crippen LogP contribution in [0.2, 0.25) is 0 Å². The third-order valence-electron chi connectivity index (χ3n) is 4.72. The Morgan fingerprint density at radius 3 is 2.84 bits per heavy atom. The van der Waals surface area contributed by atoms with Gasteiger partial charge in [-0.3, -0.25) is 9.78 Å². The molecule has 132 valence electrons. The lowest BCUT2D eigenvalue weighted by Crippen LogP contribution is -2.28. The van der Waals surface area contributed by atoms with Crippen LogP contribution in [0.25, 0.3) is 0 Å². The molecule has 5 heteroatoms. The van der Waals surface area contributed by atoms with Gasteiger partial charge in [-0.25, -0.2) is 0 Å². The number of rotatable bonds is 6. The Bertz CT molecular complexity index is 739. The fraction of sp³-hybridized carbons (Fsp3) is 0.400. The molecular weight excluding hydrogens is 314 g/mol. The second-order valence-electron chi connectivity index (χ2n) is 6.48. The summed E-state index contributed by atoms with van der Waals surface area (Å²) >= 11 is 0. The van der Waals surface area contributed by atoms with Gasteiger partial charge in [-0.2, -0.15) is 0 Å². The van der Waals surface area contributed by atoms with Gasteiger partial charge in [-0.05, 0) is 62.9 Å². The Labute approximate surface area is 148 Å². The van der Waals surface area contributed by atoms with Gasteiger partial charge in [0.2, 0.25) is 5.91 Å². The molecule has 1 saturated heterocycles. The zero-order valence-electron chi connectivity index (χ0n) is 14.6. The molecule has 0 saturated carbocycles. The number of carbonyl (C=O) groups is 1. The molecule has 1 aromatic heterocycles. The van der Waals surface area contributed by atoms with Gasteiger partial charge in [0.05, 0.1) is 0 Å². The summed E-state index contributed by atoms with van der Waals surface area (Å²) in [5, 5.41) is 3.39. The minimum Gasteiger partial charge on any atom is -0.457 e. The molecule has 1 amide bonds. The predicted octanol–water partition coefficient (Wildman–Crippen LogP) is 3.08. The molecule has 2 heterocycles. The van der Waals surface area contributed by atoms with Gasteiger partial charge < -0.3 is 15.8 Å². The summed E-state index contributed by atoms with van der Waals surface area (Å²) in [4.78, 5) is 16.1. The monoisotopic (exact) mass is 339 g/mol. The molecule has 25 heavy (non-hydrogen) atoms. The van der Waals surface area contributed by atoms with Gasteiger partial charge in [0.1, 0.15) is 11.5 Å². The number of carbonyl (C=O) groups excluding carboxylic acids is 1. The highest BCUT2D eigenvalue weighted by Crippen LogP contribution is 2.29. The van der Waals surface area contributed by atoms with E-state index in [1.165, 1.54) is 12.8 Å². The second kappa shape index (κ2) is 8.12. The highest BCUT2D eigenvalue weighted by Gasteiger charge is 2.16. The minimum absolute atomic E-state index is 0.427. The standard InChI is InChI=1S/C20H25N3O2/c1-2-17-18(20(21)24)4-3-5-19(17)25-16-8-11-23-15(13-16)12-14-6-9-22-10-7-14/h3-5,8,11,13-14,22H,2,6-7,9-10,12H2,1H3,(H2,21,24). The van der Waals surface area contributed by atoms with Crippen molar-refractivity contribution < 1.29 is 9.53 Å². The van der Waals surface area contributed by atoms with Crippen LogP contribution in [0.3, 0.4) is 0 Å². The SMILES string of the molecule is CCc1c(Oc2ccnc(CC3CCNCC3)c2)cccc1C(N)=O. The predicted molar refractivity (Wildman–Crippen MR) is 97.9 cm³/mol. The largest absolute Gasteiger partial charge is 0.457 e. The van der Waals surface area contributed by atoms with Gasteiger partial charge in [0, 0.05) is 29.1 Å². The van der Waals surface area contributed by atoms with Crippen molar-refractivity contribution in [3.8, 4) is 11.5 Å². The first kappa shape index (κ1) is 17.4. The number of amides is 1. The van der Waals surface area contributed by atoms with Crippen LogP contribution in [0, 0.1) is 5.92 Å². The van der Waals surface area contributed by atoms with E-state index in [2.05, 4.69) is 10.3 Å². The van der Waals surface area contributed by atoms with Gasteiger partial charge in [0.15, 0.2) is 0 Å². The minimum atomic E-state index is -0.427. The number of nitrogens with two attached hydrogens (primary N) is 1. The Morgan fingerprint density at radius 2 is 2.12 bits per heavy atom. The maximum atomic E-state index is 11.6. The molecule has 0 unspecified atom stereocenters. The number of ether oxygens (including phenoxy) is 1. The molecule has 1 aliphatic heterocycles. The van der Waals surface area contributed by atoms with Crippen molar-refractivity contribution in [3.05, 3.63) is 53.3 Å². The van der Waals surface area contributed by atoms with Crippen LogP contribution in [-0.2, 0) is 12.8 Å². The zero-order chi connectivity index (χ0) is 17.6. The van der Waals surface area contributed by atoms with Gasteiger partial charge in [-0.1, -0.05) is 13.0 Å². The van der Waals surface area contributed by atoms with Crippen LogP contribution in [0.4, 0.5) is 0 Å². The topological polar surface area (TPSA) is 77.2 Å². The van der Waals surface area contributed by atoms with Crippen molar-refractivity contribution in [2.75, 3.05) is 13.1 Å². The lowest BCUT2D eigenvalue weighted by atomic mass is 9.93. The molecular formula is C20H25N3O2. The number of hydrogen-bond acceptors (Lipinski definition) is 4. The number of piperidine rings is 1. The Hall–Kier alpha value is -2.40. The lowest BCUT2D eigenvalue weighted by molar-refractivity contribution is 0.0999. The fourth-order valence-corrected chi connectivity index (χ4v) is 3.40. The van der Waals surface area contributed by atoms with E-state index in [-0.39, 0.29) is 0 Å². The van der Waals surface area contributed by atoms with E-state index in [9.17, 15) is 4.79 Å². The number of hydrogen-bond donors (Lipinski definition) is 2. The molecule has 5 nitrogen and oxygen atoms in total. The quantitative estimate of drug-likeness (QED) is 0.848. The number of primary amides is 1. The average Bonchev–Trinajstić information content (AvgIpc) is 2.62. The number of benzene rings is 1. The third kappa shape index (κ3) is 4.37. The van der Waals surface area contributed by atoms with Crippen LogP contribution in [-0.4, -0.2) is 24.0 Å². The molecule has 0 radical (unpaired) electrons. The summed E-state index contributed by atoms with van der Waals surface area (Å²) in [6.07, 6.45) is 5.82. The number of nitrogens with zero attached hydrogens (tertiary/aromatic N) is 1. The van der Waals surface area contributed by atoms with Crippen LogP contribution in [0.1, 0.15) is 41.4 Å². The normalized spacial score (nSPS) is 15.1. The number of nitrogens with one attached hydrogen (secondary N) is 1. The van der Waals surface area contributed by atoms with Crippen LogP contribution < -0.4 is 15.8 Å². The van der Waals surface area contributed by atoms with E-state index in [0.717, 1.165) is 36.5 Å².